The quantitative estimate of drug-likeness (QED) is 0.477. The summed E-state index contributed by atoms with van der Waals surface area (Å²) in [6.45, 7) is 0. The molecular formula is C20H12F2N2. The lowest BCUT2D eigenvalue weighted by Gasteiger charge is -2.07. The monoisotopic (exact) mass is 318 g/mol. The highest BCUT2D eigenvalue weighted by molar-refractivity contribution is 6.09. The third-order valence-corrected chi connectivity index (χ3v) is 4.37. The van der Waals surface area contributed by atoms with Crippen LogP contribution in [0.5, 0.6) is 0 Å². The summed E-state index contributed by atoms with van der Waals surface area (Å²) in [4.78, 5) is 0. The lowest BCUT2D eigenvalue weighted by molar-refractivity contribution is 0.589. The number of nitrogens with zero attached hydrogens (tertiary/aromatic N) is 2. The van der Waals surface area contributed by atoms with Gasteiger partial charge in [0.1, 0.15) is 11.6 Å². The van der Waals surface area contributed by atoms with E-state index in [2.05, 4.69) is 4.57 Å². The van der Waals surface area contributed by atoms with E-state index < -0.39 is 11.6 Å². The summed E-state index contributed by atoms with van der Waals surface area (Å²) in [6.07, 6.45) is 0. The van der Waals surface area contributed by atoms with E-state index in [9.17, 15) is 8.78 Å². The first-order valence-electron chi connectivity index (χ1n) is 7.47. The normalized spacial score (nSPS) is 11.1. The van der Waals surface area contributed by atoms with Crippen LogP contribution in [-0.4, -0.2) is 4.57 Å². The van der Waals surface area contributed by atoms with E-state index in [-0.39, 0.29) is 11.1 Å². The van der Waals surface area contributed by atoms with Gasteiger partial charge in [0.15, 0.2) is 0 Å². The van der Waals surface area contributed by atoms with Gasteiger partial charge in [-0.3, -0.25) is 0 Å². The molecular weight excluding hydrogens is 306 g/mol. The van der Waals surface area contributed by atoms with Crippen molar-refractivity contribution in [3.8, 4) is 17.2 Å². The van der Waals surface area contributed by atoms with Gasteiger partial charge in [-0.15, -0.1) is 0 Å². The Morgan fingerprint density at radius 1 is 0.875 bits per heavy atom. The smallest absolute Gasteiger partial charge is 0.135 e. The van der Waals surface area contributed by atoms with Crippen molar-refractivity contribution in [3.63, 3.8) is 0 Å². The number of aryl methyl sites for hydroxylation is 1. The third kappa shape index (κ3) is 1.99. The van der Waals surface area contributed by atoms with E-state index in [0.717, 1.165) is 33.9 Å². The lowest BCUT2D eigenvalue weighted by atomic mass is 10.0. The highest BCUT2D eigenvalue weighted by atomic mass is 19.1. The molecule has 0 radical (unpaired) electrons. The highest BCUT2D eigenvalue weighted by Crippen LogP contribution is 2.34. The molecule has 1 aromatic heterocycles. The molecule has 0 amide bonds. The standard InChI is InChI=1S/C20H12F2N2/c1-24-18-5-3-2-4-14(18)15-10-13(6-7-19(15)24)20-16(21)8-12(11-23)9-17(20)22/h2-10H,1H3. The lowest BCUT2D eigenvalue weighted by Crippen LogP contribution is -1.93. The second-order valence-electron chi connectivity index (χ2n) is 5.73. The first kappa shape index (κ1) is 14.4. The van der Waals surface area contributed by atoms with Gasteiger partial charge in [-0.2, -0.15) is 5.26 Å². The number of fused-ring (bicyclic) bond motifs is 3. The van der Waals surface area contributed by atoms with Crippen LogP contribution in [-0.2, 0) is 7.05 Å². The summed E-state index contributed by atoms with van der Waals surface area (Å²) >= 11 is 0. The fourth-order valence-electron chi connectivity index (χ4n) is 3.24. The van der Waals surface area contributed by atoms with Crippen LogP contribution >= 0.6 is 0 Å². The first-order chi connectivity index (χ1) is 11.6. The fraction of sp³-hybridized carbons (Fsp3) is 0.0500. The summed E-state index contributed by atoms with van der Waals surface area (Å²) in [7, 11) is 1.97. The average molecular weight is 318 g/mol. The number of rotatable bonds is 1. The Balaban J connectivity index is 2.03. The summed E-state index contributed by atoms with van der Waals surface area (Å²) in [5, 5.41) is 10.8. The van der Waals surface area contributed by atoms with Gasteiger partial charge in [-0.1, -0.05) is 24.3 Å². The Hall–Kier alpha value is -3.19. The summed E-state index contributed by atoms with van der Waals surface area (Å²) in [5.74, 6) is -1.46. The molecule has 0 unspecified atom stereocenters. The van der Waals surface area contributed by atoms with Crippen molar-refractivity contribution in [2.24, 2.45) is 7.05 Å². The van der Waals surface area contributed by atoms with Crippen molar-refractivity contribution < 1.29 is 8.78 Å². The van der Waals surface area contributed by atoms with Crippen LogP contribution in [0.3, 0.4) is 0 Å². The van der Waals surface area contributed by atoms with Gasteiger partial charge in [-0.05, 0) is 35.9 Å². The van der Waals surface area contributed by atoms with Gasteiger partial charge in [-0.25, -0.2) is 8.78 Å². The van der Waals surface area contributed by atoms with Gasteiger partial charge in [0, 0.05) is 28.9 Å². The Kier molecular flexibility index (Phi) is 3.10. The van der Waals surface area contributed by atoms with Crippen molar-refractivity contribution in [1.29, 1.82) is 5.26 Å². The largest absolute Gasteiger partial charge is 0.344 e. The van der Waals surface area contributed by atoms with E-state index in [4.69, 9.17) is 5.26 Å². The highest BCUT2D eigenvalue weighted by Gasteiger charge is 2.15. The molecule has 4 aromatic rings. The van der Waals surface area contributed by atoms with Crippen LogP contribution in [0.15, 0.2) is 54.6 Å². The molecule has 2 nitrogen and oxygen atoms in total. The molecule has 0 spiro atoms. The molecule has 3 aromatic carbocycles. The van der Waals surface area contributed by atoms with Crippen LogP contribution in [0.2, 0.25) is 0 Å². The van der Waals surface area contributed by atoms with Crippen LogP contribution in [0.25, 0.3) is 32.9 Å². The number of hydrogen-bond acceptors (Lipinski definition) is 1. The molecule has 0 saturated carbocycles. The van der Waals surface area contributed by atoms with E-state index in [1.807, 2.05) is 37.4 Å². The van der Waals surface area contributed by atoms with Gasteiger partial charge >= 0.3 is 0 Å². The molecule has 0 saturated heterocycles. The Morgan fingerprint density at radius 3 is 2.25 bits per heavy atom. The first-order valence-corrected chi connectivity index (χ1v) is 7.47. The van der Waals surface area contributed by atoms with E-state index in [1.54, 1.807) is 18.2 Å². The minimum atomic E-state index is -0.730. The summed E-state index contributed by atoms with van der Waals surface area (Å²) < 4.78 is 30.7. The van der Waals surface area contributed by atoms with Gasteiger partial charge in [0.25, 0.3) is 0 Å². The molecule has 0 aliphatic rings. The molecule has 0 aliphatic heterocycles. The number of aromatic nitrogens is 1. The Morgan fingerprint density at radius 2 is 1.54 bits per heavy atom. The van der Waals surface area contributed by atoms with Gasteiger partial charge < -0.3 is 4.57 Å². The van der Waals surface area contributed by atoms with Crippen LogP contribution in [0, 0.1) is 23.0 Å². The number of nitriles is 1. The van der Waals surface area contributed by atoms with Crippen molar-refractivity contribution in [1.82, 2.24) is 4.57 Å². The zero-order chi connectivity index (χ0) is 16.8. The fourth-order valence-corrected chi connectivity index (χ4v) is 3.24. The van der Waals surface area contributed by atoms with Crippen LogP contribution in [0.1, 0.15) is 5.56 Å². The van der Waals surface area contributed by atoms with Crippen molar-refractivity contribution in [3.05, 3.63) is 71.8 Å². The predicted octanol–water partition coefficient (Wildman–Crippen LogP) is 5.15. The Labute approximate surface area is 137 Å². The number of hydrogen-bond donors (Lipinski definition) is 0. The predicted molar refractivity (Wildman–Crippen MR) is 90.5 cm³/mol. The van der Waals surface area contributed by atoms with E-state index >= 15 is 0 Å². The minimum absolute atomic E-state index is 0.0278. The van der Waals surface area contributed by atoms with Crippen molar-refractivity contribution >= 4 is 21.8 Å². The minimum Gasteiger partial charge on any atom is -0.344 e. The molecule has 4 heteroatoms. The topological polar surface area (TPSA) is 28.7 Å². The number of halogens is 2. The molecule has 1 heterocycles. The molecule has 0 atom stereocenters. The maximum absolute atomic E-state index is 14.3. The molecule has 24 heavy (non-hydrogen) atoms. The molecule has 0 bridgehead atoms. The molecule has 0 aliphatic carbocycles. The third-order valence-electron chi connectivity index (χ3n) is 4.37. The number of para-hydroxylation sites is 1. The van der Waals surface area contributed by atoms with E-state index in [0.29, 0.717) is 5.56 Å². The SMILES string of the molecule is Cn1c2ccccc2c2cc(-c3c(F)cc(C#N)cc3F)ccc21. The Bertz CT molecular complexity index is 1130. The second-order valence-corrected chi connectivity index (χ2v) is 5.73. The second kappa shape index (κ2) is 5.17. The zero-order valence-electron chi connectivity index (χ0n) is 12.8. The van der Waals surface area contributed by atoms with Crippen LogP contribution < -0.4 is 0 Å². The van der Waals surface area contributed by atoms with Crippen LogP contribution in [0.4, 0.5) is 8.78 Å². The maximum Gasteiger partial charge on any atom is 0.135 e. The van der Waals surface area contributed by atoms with Crippen molar-refractivity contribution in [2.45, 2.75) is 0 Å². The average Bonchev–Trinajstić information content (AvgIpc) is 2.87. The summed E-state index contributed by atoms with van der Waals surface area (Å²) in [5.41, 5.74) is 2.38. The molecule has 116 valence electrons. The van der Waals surface area contributed by atoms with Crippen molar-refractivity contribution in [2.75, 3.05) is 0 Å². The zero-order valence-corrected chi connectivity index (χ0v) is 12.8. The maximum atomic E-state index is 14.3. The van der Waals surface area contributed by atoms with E-state index in [1.165, 1.54) is 0 Å². The van der Waals surface area contributed by atoms with Gasteiger partial charge in [0.2, 0.25) is 0 Å². The summed E-state index contributed by atoms with van der Waals surface area (Å²) in [6, 6.07) is 17.2. The number of benzene rings is 3. The molecule has 0 fully saturated rings. The van der Waals surface area contributed by atoms with Gasteiger partial charge in [0.05, 0.1) is 17.2 Å². The molecule has 4 rings (SSSR count). The molecule has 0 N–H and O–H groups in total.